The number of carbonyl (C=O) groups is 2. The highest BCUT2D eigenvalue weighted by Gasteiger charge is 2.22. The van der Waals surface area contributed by atoms with E-state index in [1.165, 1.54) is 17.0 Å². The standard InChI is InChI=1S/C17H15FN2O2/c1-20(2)17(22)13-7-6-10(8-15(13)18)11-4-3-5-12-14(11)9-19-16(12)21/h3-8H,9H2,1-2H3,(H,19,21). The van der Waals surface area contributed by atoms with E-state index in [1.807, 2.05) is 6.07 Å². The molecule has 0 unspecified atom stereocenters. The maximum atomic E-state index is 14.2. The third-order valence-corrected chi connectivity index (χ3v) is 3.76. The number of hydrogen-bond acceptors (Lipinski definition) is 2. The van der Waals surface area contributed by atoms with Crippen LogP contribution in [0.3, 0.4) is 0 Å². The fraction of sp³-hybridized carbons (Fsp3) is 0.176. The maximum absolute atomic E-state index is 14.2. The number of rotatable bonds is 2. The van der Waals surface area contributed by atoms with Crippen molar-refractivity contribution >= 4 is 11.8 Å². The molecular formula is C17H15FN2O2. The third kappa shape index (κ3) is 2.24. The van der Waals surface area contributed by atoms with Gasteiger partial charge in [0.05, 0.1) is 5.56 Å². The van der Waals surface area contributed by atoms with Crippen LogP contribution in [0.25, 0.3) is 11.1 Å². The van der Waals surface area contributed by atoms with Crippen LogP contribution in [0.1, 0.15) is 26.3 Å². The zero-order valence-corrected chi connectivity index (χ0v) is 12.3. The van der Waals surface area contributed by atoms with E-state index < -0.39 is 5.82 Å². The molecule has 1 N–H and O–H groups in total. The van der Waals surface area contributed by atoms with E-state index >= 15 is 0 Å². The summed E-state index contributed by atoms with van der Waals surface area (Å²) in [5, 5.41) is 2.76. The molecule has 1 aliphatic rings. The Kier molecular flexibility index (Phi) is 3.41. The first-order chi connectivity index (χ1) is 10.5. The van der Waals surface area contributed by atoms with E-state index in [9.17, 15) is 14.0 Å². The van der Waals surface area contributed by atoms with Gasteiger partial charge in [0.2, 0.25) is 0 Å². The van der Waals surface area contributed by atoms with Gasteiger partial charge in [0, 0.05) is 26.2 Å². The minimum atomic E-state index is -0.564. The van der Waals surface area contributed by atoms with Crippen LogP contribution in [0.5, 0.6) is 0 Å². The summed E-state index contributed by atoms with van der Waals surface area (Å²) in [4.78, 5) is 24.9. The number of fused-ring (bicyclic) bond motifs is 1. The molecule has 2 amide bonds. The summed E-state index contributed by atoms with van der Waals surface area (Å²) < 4.78 is 14.2. The van der Waals surface area contributed by atoms with Gasteiger partial charge in [-0.3, -0.25) is 9.59 Å². The monoisotopic (exact) mass is 298 g/mol. The normalized spacial score (nSPS) is 12.8. The average Bonchev–Trinajstić information content (AvgIpc) is 2.88. The van der Waals surface area contributed by atoms with E-state index in [4.69, 9.17) is 0 Å². The second-order valence-electron chi connectivity index (χ2n) is 5.41. The molecule has 1 aliphatic heterocycles. The van der Waals surface area contributed by atoms with Crippen LogP contribution in [-0.4, -0.2) is 30.8 Å². The second kappa shape index (κ2) is 5.26. The average molecular weight is 298 g/mol. The molecule has 0 fully saturated rings. The van der Waals surface area contributed by atoms with Crippen molar-refractivity contribution in [2.45, 2.75) is 6.54 Å². The summed E-state index contributed by atoms with van der Waals surface area (Å²) in [7, 11) is 3.16. The fourth-order valence-electron chi connectivity index (χ4n) is 2.62. The van der Waals surface area contributed by atoms with Gasteiger partial charge >= 0.3 is 0 Å². The largest absolute Gasteiger partial charge is 0.348 e. The van der Waals surface area contributed by atoms with Gasteiger partial charge in [0.25, 0.3) is 11.8 Å². The predicted molar refractivity (Wildman–Crippen MR) is 81.0 cm³/mol. The predicted octanol–water partition coefficient (Wildman–Crippen LogP) is 2.44. The number of hydrogen-bond donors (Lipinski definition) is 1. The number of amides is 2. The van der Waals surface area contributed by atoms with Gasteiger partial charge in [-0.1, -0.05) is 18.2 Å². The van der Waals surface area contributed by atoms with Crippen LogP contribution in [0.15, 0.2) is 36.4 Å². The van der Waals surface area contributed by atoms with Crippen LogP contribution in [0, 0.1) is 5.82 Å². The first-order valence-electron chi connectivity index (χ1n) is 6.90. The molecule has 0 atom stereocenters. The van der Waals surface area contributed by atoms with Crippen molar-refractivity contribution in [1.82, 2.24) is 10.2 Å². The molecule has 4 nitrogen and oxygen atoms in total. The van der Waals surface area contributed by atoms with Crippen LogP contribution >= 0.6 is 0 Å². The smallest absolute Gasteiger partial charge is 0.256 e. The highest BCUT2D eigenvalue weighted by atomic mass is 19.1. The lowest BCUT2D eigenvalue weighted by Gasteiger charge is -2.12. The Balaban J connectivity index is 2.06. The van der Waals surface area contributed by atoms with E-state index in [0.717, 1.165) is 11.1 Å². The molecule has 3 rings (SSSR count). The zero-order valence-electron chi connectivity index (χ0n) is 12.3. The van der Waals surface area contributed by atoms with E-state index in [1.54, 1.807) is 32.3 Å². The van der Waals surface area contributed by atoms with Crippen molar-refractivity contribution in [2.24, 2.45) is 0 Å². The molecule has 2 aromatic rings. The van der Waals surface area contributed by atoms with E-state index in [2.05, 4.69) is 5.32 Å². The van der Waals surface area contributed by atoms with Crippen molar-refractivity contribution < 1.29 is 14.0 Å². The third-order valence-electron chi connectivity index (χ3n) is 3.76. The molecule has 0 saturated heterocycles. The Morgan fingerprint density at radius 1 is 1.18 bits per heavy atom. The lowest BCUT2D eigenvalue weighted by atomic mass is 9.96. The molecule has 0 spiro atoms. The van der Waals surface area contributed by atoms with Crippen molar-refractivity contribution in [3.8, 4) is 11.1 Å². The number of carbonyl (C=O) groups excluding carboxylic acids is 2. The Labute approximate surface area is 127 Å². The fourth-order valence-corrected chi connectivity index (χ4v) is 2.62. The number of nitrogens with one attached hydrogen (secondary N) is 1. The Bertz CT molecular complexity index is 784. The molecule has 0 saturated carbocycles. The van der Waals surface area contributed by atoms with Crippen LogP contribution in [0.2, 0.25) is 0 Å². The molecule has 0 bridgehead atoms. The summed E-state index contributed by atoms with van der Waals surface area (Å²) >= 11 is 0. The number of nitrogens with zero attached hydrogens (tertiary/aromatic N) is 1. The van der Waals surface area contributed by atoms with Gasteiger partial charge in [-0.25, -0.2) is 4.39 Å². The zero-order chi connectivity index (χ0) is 15.9. The topological polar surface area (TPSA) is 49.4 Å². The molecule has 1 heterocycles. The summed E-state index contributed by atoms with van der Waals surface area (Å²) in [6.45, 7) is 0.435. The van der Waals surface area contributed by atoms with Crippen LogP contribution in [-0.2, 0) is 6.54 Å². The molecule has 0 radical (unpaired) electrons. The van der Waals surface area contributed by atoms with Crippen molar-refractivity contribution in [1.29, 1.82) is 0 Å². The Morgan fingerprint density at radius 3 is 2.59 bits per heavy atom. The summed E-state index contributed by atoms with van der Waals surface area (Å²) in [5.74, 6) is -1.05. The summed E-state index contributed by atoms with van der Waals surface area (Å²) in [6.07, 6.45) is 0. The lowest BCUT2D eigenvalue weighted by Crippen LogP contribution is -2.22. The van der Waals surface area contributed by atoms with Gasteiger partial charge in [-0.15, -0.1) is 0 Å². The van der Waals surface area contributed by atoms with Gasteiger partial charge in [-0.2, -0.15) is 0 Å². The molecule has 0 aromatic heterocycles. The van der Waals surface area contributed by atoms with E-state index in [0.29, 0.717) is 17.7 Å². The first-order valence-corrected chi connectivity index (χ1v) is 6.90. The van der Waals surface area contributed by atoms with E-state index in [-0.39, 0.29) is 17.4 Å². The number of benzene rings is 2. The lowest BCUT2D eigenvalue weighted by molar-refractivity contribution is 0.0822. The molecule has 0 aliphatic carbocycles. The second-order valence-corrected chi connectivity index (χ2v) is 5.41. The molecule has 5 heteroatoms. The van der Waals surface area contributed by atoms with Crippen molar-refractivity contribution in [3.05, 3.63) is 58.9 Å². The molecule has 2 aromatic carbocycles. The van der Waals surface area contributed by atoms with Gasteiger partial charge in [0.15, 0.2) is 0 Å². The summed E-state index contributed by atoms with van der Waals surface area (Å²) in [5.41, 5.74) is 2.97. The SMILES string of the molecule is CN(C)C(=O)c1ccc(-c2cccc3c2CNC3=O)cc1F. The Hall–Kier alpha value is -2.69. The van der Waals surface area contributed by atoms with Gasteiger partial charge in [0.1, 0.15) is 5.82 Å². The number of halogens is 1. The molecular weight excluding hydrogens is 283 g/mol. The molecule has 112 valence electrons. The van der Waals surface area contributed by atoms with Crippen LogP contribution < -0.4 is 5.32 Å². The quantitative estimate of drug-likeness (QED) is 0.926. The maximum Gasteiger partial charge on any atom is 0.256 e. The van der Waals surface area contributed by atoms with Crippen molar-refractivity contribution in [2.75, 3.05) is 14.1 Å². The highest BCUT2D eigenvalue weighted by molar-refractivity contribution is 6.00. The first kappa shape index (κ1) is 14.3. The summed E-state index contributed by atoms with van der Waals surface area (Å²) in [6, 6.07) is 9.91. The Morgan fingerprint density at radius 2 is 1.91 bits per heavy atom. The minimum absolute atomic E-state index is 0.0375. The molecule has 22 heavy (non-hydrogen) atoms. The van der Waals surface area contributed by atoms with Crippen LogP contribution in [0.4, 0.5) is 4.39 Å². The minimum Gasteiger partial charge on any atom is -0.348 e. The van der Waals surface area contributed by atoms with Gasteiger partial charge in [-0.05, 0) is 34.9 Å². The van der Waals surface area contributed by atoms with Gasteiger partial charge < -0.3 is 10.2 Å². The highest BCUT2D eigenvalue weighted by Crippen LogP contribution is 2.30. The van der Waals surface area contributed by atoms with Crippen molar-refractivity contribution in [3.63, 3.8) is 0 Å².